The second kappa shape index (κ2) is 4.45. The van der Waals surface area contributed by atoms with Gasteiger partial charge in [-0.05, 0) is 42.6 Å². The first-order chi connectivity index (χ1) is 7.65. The monoisotopic (exact) mass is 234 g/mol. The first kappa shape index (κ1) is 10.8. The van der Waals surface area contributed by atoms with Crippen molar-refractivity contribution in [2.24, 2.45) is 0 Å². The van der Waals surface area contributed by atoms with Crippen LogP contribution in [0.5, 0.6) is 0 Å². The highest BCUT2D eigenvalue weighted by atomic mass is 35.5. The molecule has 0 bridgehead atoms. The van der Waals surface area contributed by atoms with Crippen LogP contribution < -0.4 is 5.32 Å². The quantitative estimate of drug-likeness (QED) is 0.868. The average Bonchev–Trinajstić information content (AvgIpc) is 2.24. The van der Waals surface area contributed by atoms with Crippen LogP contribution in [0.15, 0.2) is 24.4 Å². The van der Waals surface area contributed by atoms with Gasteiger partial charge in [0.25, 0.3) is 0 Å². The minimum absolute atomic E-state index is 0.135. The van der Waals surface area contributed by atoms with E-state index in [1.807, 2.05) is 26.0 Å². The number of hydrogen-bond acceptors (Lipinski definition) is 4. The van der Waals surface area contributed by atoms with Gasteiger partial charge in [0.05, 0.1) is 6.20 Å². The van der Waals surface area contributed by atoms with Crippen molar-refractivity contribution in [2.45, 2.75) is 13.8 Å². The largest absolute Gasteiger partial charge is 0.339 e. The van der Waals surface area contributed by atoms with E-state index in [0.717, 1.165) is 11.3 Å². The van der Waals surface area contributed by atoms with E-state index in [0.29, 0.717) is 5.82 Å². The Bertz CT molecular complexity index is 513. The molecule has 0 saturated carbocycles. The van der Waals surface area contributed by atoms with E-state index in [-0.39, 0.29) is 5.28 Å². The summed E-state index contributed by atoms with van der Waals surface area (Å²) < 4.78 is 0. The minimum atomic E-state index is 0.135. The number of benzene rings is 1. The maximum atomic E-state index is 5.66. The van der Waals surface area contributed by atoms with E-state index < -0.39 is 0 Å². The Balaban J connectivity index is 2.30. The average molecular weight is 235 g/mol. The number of rotatable bonds is 2. The Morgan fingerprint density at radius 2 is 2.06 bits per heavy atom. The Labute approximate surface area is 98.7 Å². The van der Waals surface area contributed by atoms with Crippen LogP contribution in [0, 0.1) is 13.8 Å². The van der Waals surface area contributed by atoms with Crippen LogP contribution in [0.4, 0.5) is 11.5 Å². The summed E-state index contributed by atoms with van der Waals surface area (Å²) >= 11 is 5.66. The van der Waals surface area contributed by atoms with Crippen LogP contribution in [-0.2, 0) is 0 Å². The zero-order valence-electron chi connectivity index (χ0n) is 9.03. The predicted octanol–water partition coefficient (Wildman–Crippen LogP) is 2.89. The van der Waals surface area contributed by atoms with Crippen LogP contribution in [0.1, 0.15) is 11.1 Å². The van der Waals surface area contributed by atoms with Gasteiger partial charge in [0.2, 0.25) is 5.28 Å². The Morgan fingerprint density at radius 3 is 2.81 bits per heavy atom. The molecule has 2 aromatic rings. The third-order valence-corrected chi connectivity index (χ3v) is 2.35. The van der Waals surface area contributed by atoms with Crippen molar-refractivity contribution in [3.63, 3.8) is 0 Å². The molecule has 0 amide bonds. The van der Waals surface area contributed by atoms with Gasteiger partial charge in [-0.15, -0.1) is 5.10 Å². The fourth-order valence-corrected chi connectivity index (χ4v) is 1.49. The predicted molar refractivity (Wildman–Crippen MR) is 64.0 cm³/mol. The van der Waals surface area contributed by atoms with E-state index in [4.69, 9.17) is 11.6 Å². The Hall–Kier alpha value is -1.68. The van der Waals surface area contributed by atoms with Gasteiger partial charge in [0.15, 0.2) is 5.82 Å². The molecule has 0 aliphatic carbocycles. The molecule has 0 spiro atoms. The maximum absolute atomic E-state index is 5.66. The summed E-state index contributed by atoms with van der Waals surface area (Å²) in [6.07, 6.45) is 1.54. The van der Waals surface area contributed by atoms with Crippen molar-refractivity contribution < 1.29 is 0 Å². The lowest BCUT2D eigenvalue weighted by Crippen LogP contribution is -1.98. The van der Waals surface area contributed by atoms with Gasteiger partial charge in [0.1, 0.15) is 0 Å². The van der Waals surface area contributed by atoms with Gasteiger partial charge >= 0.3 is 0 Å². The smallest absolute Gasteiger partial charge is 0.244 e. The summed E-state index contributed by atoms with van der Waals surface area (Å²) in [5.74, 6) is 0.591. The summed E-state index contributed by atoms with van der Waals surface area (Å²) in [5, 5.41) is 10.6. The van der Waals surface area contributed by atoms with E-state index in [1.54, 1.807) is 0 Å². The van der Waals surface area contributed by atoms with Gasteiger partial charge in [-0.3, -0.25) is 0 Å². The number of anilines is 2. The van der Waals surface area contributed by atoms with Crippen molar-refractivity contribution in [1.82, 2.24) is 15.2 Å². The lowest BCUT2D eigenvalue weighted by molar-refractivity contribution is 0.974. The zero-order chi connectivity index (χ0) is 11.5. The summed E-state index contributed by atoms with van der Waals surface area (Å²) in [6, 6.07) is 6.16. The van der Waals surface area contributed by atoms with Crippen molar-refractivity contribution in [1.29, 1.82) is 0 Å². The van der Waals surface area contributed by atoms with Gasteiger partial charge in [-0.1, -0.05) is 12.1 Å². The third-order valence-electron chi connectivity index (χ3n) is 2.19. The highest BCUT2D eigenvalue weighted by molar-refractivity contribution is 6.28. The highest BCUT2D eigenvalue weighted by Crippen LogP contribution is 2.20. The van der Waals surface area contributed by atoms with Gasteiger partial charge in [-0.2, -0.15) is 10.1 Å². The molecule has 5 heteroatoms. The van der Waals surface area contributed by atoms with Crippen molar-refractivity contribution in [3.05, 3.63) is 40.8 Å². The van der Waals surface area contributed by atoms with Crippen molar-refractivity contribution in [3.8, 4) is 0 Å². The van der Waals surface area contributed by atoms with Crippen molar-refractivity contribution >= 4 is 23.1 Å². The Morgan fingerprint density at radius 1 is 1.25 bits per heavy atom. The number of nitrogens with one attached hydrogen (secondary N) is 1. The molecule has 1 aromatic heterocycles. The molecule has 0 aliphatic rings. The first-order valence-corrected chi connectivity index (χ1v) is 5.22. The molecule has 0 atom stereocenters. The standard InChI is InChI=1S/C11H11ClN4/c1-7-3-4-8(2)9(5-7)14-10-6-13-16-11(12)15-10/h3-6H,1-2H3,(H,14,15,16). The molecule has 1 heterocycles. The molecule has 0 saturated heterocycles. The maximum Gasteiger partial charge on any atom is 0.244 e. The van der Waals surface area contributed by atoms with E-state index in [1.165, 1.54) is 11.8 Å². The topological polar surface area (TPSA) is 50.7 Å². The van der Waals surface area contributed by atoms with E-state index in [9.17, 15) is 0 Å². The summed E-state index contributed by atoms with van der Waals surface area (Å²) in [5.41, 5.74) is 3.32. The molecular weight excluding hydrogens is 224 g/mol. The molecule has 0 aliphatic heterocycles. The number of hydrogen-bond donors (Lipinski definition) is 1. The second-order valence-electron chi connectivity index (χ2n) is 3.55. The third kappa shape index (κ3) is 2.46. The SMILES string of the molecule is Cc1ccc(C)c(Nc2cnnc(Cl)n2)c1. The van der Waals surface area contributed by atoms with Crippen LogP contribution in [0.2, 0.25) is 5.28 Å². The van der Waals surface area contributed by atoms with Crippen molar-refractivity contribution in [2.75, 3.05) is 5.32 Å². The molecule has 0 unspecified atom stereocenters. The van der Waals surface area contributed by atoms with E-state index in [2.05, 4.69) is 26.6 Å². The summed E-state index contributed by atoms with van der Waals surface area (Å²) in [7, 11) is 0. The lowest BCUT2D eigenvalue weighted by Gasteiger charge is -2.08. The fraction of sp³-hybridized carbons (Fsp3) is 0.182. The summed E-state index contributed by atoms with van der Waals surface area (Å²) in [4.78, 5) is 4.02. The fourth-order valence-electron chi connectivity index (χ4n) is 1.35. The summed E-state index contributed by atoms with van der Waals surface area (Å²) in [6.45, 7) is 4.06. The highest BCUT2D eigenvalue weighted by Gasteiger charge is 2.01. The molecule has 0 fully saturated rings. The van der Waals surface area contributed by atoms with Crippen LogP contribution in [0.3, 0.4) is 0 Å². The normalized spacial score (nSPS) is 10.2. The van der Waals surface area contributed by atoms with Crippen LogP contribution in [-0.4, -0.2) is 15.2 Å². The number of aromatic nitrogens is 3. The van der Waals surface area contributed by atoms with E-state index >= 15 is 0 Å². The molecule has 16 heavy (non-hydrogen) atoms. The van der Waals surface area contributed by atoms with Gasteiger partial charge in [-0.25, -0.2) is 0 Å². The molecule has 1 N–H and O–H groups in total. The lowest BCUT2D eigenvalue weighted by atomic mass is 10.1. The van der Waals surface area contributed by atoms with Crippen LogP contribution in [0.25, 0.3) is 0 Å². The Kier molecular flexibility index (Phi) is 3.01. The number of halogens is 1. The number of nitrogens with zero attached hydrogens (tertiary/aromatic N) is 3. The molecular formula is C11H11ClN4. The van der Waals surface area contributed by atoms with Crippen LogP contribution >= 0.6 is 11.6 Å². The molecule has 1 aromatic carbocycles. The minimum Gasteiger partial charge on any atom is -0.339 e. The zero-order valence-corrected chi connectivity index (χ0v) is 9.78. The molecule has 82 valence electrons. The first-order valence-electron chi connectivity index (χ1n) is 4.84. The van der Waals surface area contributed by atoms with Gasteiger partial charge in [0, 0.05) is 5.69 Å². The van der Waals surface area contributed by atoms with Gasteiger partial charge < -0.3 is 5.32 Å². The molecule has 2 rings (SSSR count). The second-order valence-corrected chi connectivity index (χ2v) is 3.89. The number of aryl methyl sites for hydroxylation is 2. The molecule has 0 radical (unpaired) electrons. The molecule has 4 nitrogen and oxygen atoms in total.